The Kier molecular flexibility index (Phi) is 19.8. The minimum atomic E-state index is -0.989. The third-order valence-corrected chi connectivity index (χ3v) is 5.34. The second kappa shape index (κ2) is 22.2. The highest BCUT2D eigenvalue weighted by Gasteiger charge is 2.03. The maximum absolute atomic E-state index is 11.4. The van der Waals surface area contributed by atoms with Gasteiger partial charge in [0.2, 0.25) is 5.91 Å². The van der Waals surface area contributed by atoms with E-state index in [-0.39, 0.29) is 12.5 Å². The molecule has 4 heteroatoms. The first-order chi connectivity index (χ1) is 14.2. The van der Waals surface area contributed by atoms with Gasteiger partial charge in [0, 0.05) is 7.79 Å². The minimum absolute atomic E-state index is 0.149. The molecule has 0 aromatic carbocycles. The van der Waals surface area contributed by atoms with E-state index in [2.05, 4.69) is 5.32 Å². The summed E-state index contributed by atoms with van der Waals surface area (Å²) in [6, 6.07) is 0. The fourth-order valence-corrected chi connectivity index (χ4v) is 3.55. The zero-order valence-electron chi connectivity index (χ0n) is 19.3. The predicted octanol–water partition coefficient (Wildman–Crippen LogP) is 7.01. The molecule has 0 aromatic heterocycles. The number of carbonyl (C=O) groups excluding carboxylic acids is 1. The molecule has 0 aliphatic rings. The van der Waals surface area contributed by atoms with Crippen molar-refractivity contribution in [3.05, 3.63) is 0 Å². The van der Waals surface area contributed by atoms with Crippen molar-refractivity contribution in [2.24, 2.45) is 0 Å². The van der Waals surface area contributed by atoms with Crippen LogP contribution in [0.5, 0.6) is 0 Å². The summed E-state index contributed by atoms with van der Waals surface area (Å²) in [4.78, 5) is 21.7. The number of carboxylic acids is 1. The summed E-state index contributed by atoms with van der Waals surface area (Å²) in [6.07, 6.45) is 24.9. The van der Waals surface area contributed by atoms with Gasteiger partial charge in [-0.1, -0.05) is 122 Å². The normalized spacial score (nSPS) is 11.4. The molecule has 0 bridgehead atoms. The smallest absolute Gasteiger partial charge is 0.322 e. The number of rotatable bonds is 22. The van der Waals surface area contributed by atoms with Crippen LogP contribution in [0, 0.1) is 0 Å². The van der Waals surface area contributed by atoms with Crippen LogP contribution in [0.1, 0.15) is 137 Å². The van der Waals surface area contributed by atoms with Crippen LogP contribution in [0.3, 0.4) is 0 Å². The lowest BCUT2D eigenvalue weighted by Gasteiger charge is -2.04. The molecule has 0 fully saturated rings. The van der Waals surface area contributed by atoms with E-state index in [0.717, 1.165) is 19.3 Å². The first kappa shape index (κ1) is 25.0. The Morgan fingerprint density at radius 3 is 1.36 bits per heavy atom. The molecule has 0 aliphatic heterocycles. The number of unbranched alkanes of at least 4 members (excludes halogenated alkanes) is 18. The van der Waals surface area contributed by atoms with E-state index in [1.165, 1.54) is 103 Å². The summed E-state index contributed by atoms with van der Waals surface area (Å²) in [5.74, 6) is -1.14. The summed E-state index contributed by atoms with van der Waals surface area (Å²) < 4.78 is 7.12. The molecule has 0 aliphatic carbocycles. The molecule has 166 valence electrons. The van der Waals surface area contributed by atoms with Gasteiger partial charge in [-0.3, -0.25) is 9.59 Å². The molecule has 28 heavy (non-hydrogen) atoms. The molecule has 2 N–H and O–H groups in total. The molecule has 4 nitrogen and oxygen atoms in total. The Labute approximate surface area is 175 Å². The SMILES string of the molecule is [2H]CCCCCCCCCCCCCCCCCCCCCC(=O)NCC(=O)O. The average molecular weight is 399 g/mol. The van der Waals surface area contributed by atoms with E-state index >= 15 is 0 Å². The Morgan fingerprint density at radius 2 is 1.00 bits per heavy atom. The van der Waals surface area contributed by atoms with Crippen LogP contribution in [0.4, 0.5) is 0 Å². The van der Waals surface area contributed by atoms with E-state index in [1.54, 1.807) is 0 Å². The van der Waals surface area contributed by atoms with Gasteiger partial charge >= 0.3 is 5.97 Å². The van der Waals surface area contributed by atoms with Crippen LogP contribution < -0.4 is 5.32 Å². The maximum atomic E-state index is 11.4. The lowest BCUT2D eigenvalue weighted by molar-refractivity contribution is -0.137. The first-order valence-electron chi connectivity index (χ1n) is 12.6. The van der Waals surface area contributed by atoms with Crippen LogP contribution in [-0.2, 0) is 9.59 Å². The van der Waals surface area contributed by atoms with Gasteiger partial charge in [-0.05, 0) is 6.42 Å². The van der Waals surface area contributed by atoms with Crippen molar-refractivity contribution in [2.45, 2.75) is 135 Å². The summed E-state index contributed by atoms with van der Waals surface area (Å²) in [6.45, 7) is 0.327. The van der Waals surface area contributed by atoms with E-state index < -0.39 is 5.97 Å². The Morgan fingerprint density at radius 1 is 0.643 bits per heavy atom. The summed E-state index contributed by atoms with van der Waals surface area (Å²) >= 11 is 0. The van der Waals surface area contributed by atoms with Crippen molar-refractivity contribution in [1.29, 1.82) is 0 Å². The van der Waals surface area contributed by atoms with Gasteiger partial charge in [0.15, 0.2) is 0 Å². The maximum Gasteiger partial charge on any atom is 0.322 e. The standard InChI is InChI=1S/C24H47NO3/c1-2-3-4-5-6-7-8-9-10-11-12-13-14-15-16-17-18-19-20-21-23(26)25-22-24(27)28/h2-22H2,1H3,(H,25,26)(H,27,28)/i1D. The van der Waals surface area contributed by atoms with E-state index in [9.17, 15) is 9.59 Å². The summed E-state index contributed by atoms with van der Waals surface area (Å²) in [5.41, 5.74) is 0. The molecule has 0 heterocycles. The van der Waals surface area contributed by atoms with Crippen molar-refractivity contribution in [1.82, 2.24) is 5.32 Å². The lowest BCUT2D eigenvalue weighted by atomic mass is 10.0. The van der Waals surface area contributed by atoms with Crippen LogP contribution in [-0.4, -0.2) is 23.5 Å². The minimum Gasteiger partial charge on any atom is -0.480 e. The molecule has 0 spiro atoms. The van der Waals surface area contributed by atoms with Crippen LogP contribution >= 0.6 is 0 Å². The summed E-state index contributed by atoms with van der Waals surface area (Å²) in [5, 5.41) is 10.9. The van der Waals surface area contributed by atoms with Gasteiger partial charge in [-0.25, -0.2) is 0 Å². The molecular formula is C24H47NO3. The molecule has 0 saturated carbocycles. The molecule has 0 unspecified atom stereocenters. The zero-order chi connectivity index (χ0) is 21.4. The van der Waals surface area contributed by atoms with Crippen LogP contribution in [0.15, 0.2) is 0 Å². The Hall–Kier alpha value is -1.06. The molecule has 0 radical (unpaired) electrons. The third kappa shape index (κ3) is 23.0. The van der Waals surface area contributed by atoms with Crippen LogP contribution in [0.2, 0.25) is 0 Å². The third-order valence-electron chi connectivity index (χ3n) is 5.34. The highest BCUT2D eigenvalue weighted by molar-refractivity contribution is 5.80. The van der Waals surface area contributed by atoms with Gasteiger partial charge in [0.05, 0.1) is 0 Å². The van der Waals surface area contributed by atoms with E-state index in [4.69, 9.17) is 6.48 Å². The fraction of sp³-hybridized carbons (Fsp3) is 0.917. The number of hydrogen-bond acceptors (Lipinski definition) is 2. The van der Waals surface area contributed by atoms with Crippen molar-refractivity contribution in [3.8, 4) is 0 Å². The van der Waals surface area contributed by atoms with E-state index in [1.807, 2.05) is 0 Å². The topological polar surface area (TPSA) is 66.4 Å². The molecule has 1 amide bonds. The van der Waals surface area contributed by atoms with Crippen molar-refractivity contribution in [3.63, 3.8) is 0 Å². The van der Waals surface area contributed by atoms with Gasteiger partial charge in [0.1, 0.15) is 6.54 Å². The second-order valence-corrected chi connectivity index (χ2v) is 8.14. The largest absolute Gasteiger partial charge is 0.480 e. The molecule has 0 atom stereocenters. The highest BCUT2D eigenvalue weighted by atomic mass is 16.4. The van der Waals surface area contributed by atoms with Gasteiger partial charge in [0.25, 0.3) is 0 Å². The predicted molar refractivity (Wildman–Crippen MR) is 119 cm³/mol. The van der Waals surface area contributed by atoms with Gasteiger partial charge in [-0.15, -0.1) is 0 Å². The molecule has 0 saturated heterocycles. The summed E-state index contributed by atoms with van der Waals surface area (Å²) in [7, 11) is 0. The molecule has 0 rings (SSSR count). The number of nitrogens with one attached hydrogen (secondary N) is 1. The number of aliphatic carboxylic acids is 1. The van der Waals surface area contributed by atoms with Gasteiger partial charge in [-0.2, -0.15) is 0 Å². The Balaban J connectivity index is 3.08. The Bertz CT molecular complexity index is 377. The zero-order valence-corrected chi connectivity index (χ0v) is 18.3. The quantitative estimate of drug-likeness (QED) is 0.193. The number of amides is 1. The van der Waals surface area contributed by atoms with Crippen LogP contribution in [0.25, 0.3) is 0 Å². The average Bonchev–Trinajstić information content (AvgIpc) is 2.70. The lowest BCUT2D eigenvalue weighted by Crippen LogP contribution is -2.28. The monoisotopic (exact) mass is 398 g/mol. The van der Waals surface area contributed by atoms with Crippen molar-refractivity contribution >= 4 is 11.9 Å². The number of hydrogen-bond donors (Lipinski definition) is 2. The number of carboxylic acid groups (broad SMARTS) is 1. The second-order valence-electron chi connectivity index (χ2n) is 8.14. The first-order valence-corrected chi connectivity index (χ1v) is 11.9. The number of carbonyl (C=O) groups is 2. The fourth-order valence-electron chi connectivity index (χ4n) is 3.55. The van der Waals surface area contributed by atoms with Gasteiger partial charge < -0.3 is 10.4 Å². The molecule has 0 aromatic rings. The van der Waals surface area contributed by atoms with Crippen molar-refractivity contribution in [2.75, 3.05) is 6.54 Å². The van der Waals surface area contributed by atoms with Crippen molar-refractivity contribution < 1.29 is 16.1 Å². The van der Waals surface area contributed by atoms with E-state index in [0.29, 0.717) is 13.3 Å². The highest BCUT2D eigenvalue weighted by Crippen LogP contribution is 2.14. The molecular weight excluding hydrogens is 350 g/mol.